The highest BCUT2D eigenvalue weighted by molar-refractivity contribution is 5.49. The fraction of sp³-hybridized carbons (Fsp3) is 0.625. The Kier molecular flexibility index (Phi) is 6.04. The van der Waals surface area contributed by atoms with Crippen molar-refractivity contribution in [1.29, 1.82) is 0 Å². The molecule has 0 heterocycles. The SMILES string of the molecule is O=CCC/C(O)=C(/O)[C@H](O)[C@@H](O)C[N+](=O)[O-]. The molecule has 0 unspecified atom stereocenters. The van der Waals surface area contributed by atoms with Gasteiger partial charge in [-0.15, -0.1) is 0 Å². The first-order valence-electron chi connectivity index (χ1n) is 4.42. The van der Waals surface area contributed by atoms with Crippen molar-refractivity contribution >= 4 is 6.29 Å². The highest BCUT2D eigenvalue weighted by atomic mass is 16.6. The number of hydrogen-bond acceptors (Lipinski definition) is 7. The van der Waals surface area contributed by atoms with Crippen LogP contribution in [0, 0.1) is 10.1 Å². The Morgan fingerprint density at radius 3 is 2.38 bits per heavy atom. The third-order valence-corrected chi connectivity index (χ3v) is 1.78. The summed E-state index contributed by atoms with van der Waals surface area (Å²) >= 11 is 0. The van der Waals surface area contributed by atoms with Crippen molar-refractivity contribution in [1.82, 2.24) is 0 Å². The van der Waals surface area contributed by atoms with Crippen molar-refractivity contribution in [3.05, 3.63) is 21.6 Å². The summed E-state index contributed by atoms with van der Waals surface area (Å²) in [6.07, 6.45) is -3.57. The second kappa shape index (κ2) is 6.75. The molecule has 4 N–H and O–H groups in total. The minimum atomic E-state index is -1.95. The number of hydrogen-bond donors (Lipinski definition) is 4. The number of aliphatic hydroxyl groups is 4. The minimum absolute atomic E-state index is 0.0755. The summed E-state index contributed by atoms with van der Waals surface area (Å²) < 4.78 is 0. The second-order valence-corrected chi connectivity index (χ2v) is 3.06. The zero-order valence-corrected chi connectivity index (χ0v) is 8.31. The van der Waals surface area contributed by atoms with Gasteiger partial charge in [-0.25, -0.2) is 0 Å². The summed E-state index contributed by atoms with van der Waals surface area (Å²) in [5.74, 6) is -1.64. The molecule has 0 spiro atoms. The molecule has 0 aromatic heterocycles. The van der Waals surface area contributed by atoms with E-state index in [1.807, 2.05) is 0 Å². The summed E-state index contributed by atoms with van der Waals surface area (Å²) in [5.41, 5.74) is 0. The van der Waals surface area contributed by atoms with Gasteiger partial charge in [0.25, 0.3) is 0 Å². The summed E-state index contributed by atoms with van der Waals surface area (Å²) in [6, 6.07) is 0. The van der Waals surface area contributed by atoms with Crippen LogP contribution in [0.3, 0.4) is 0 Å². The number of carbonyl (C=O) groups excluding carboxylic acids is 1. The number of rotatable bonds is 7. The van der Waals surface area contributed by atoms with E-state index in [-0.39, 0.29) is 12.8 Å². The van der Waals surface area contributed by atoms with Crippen LogP contribution in [-0.4, -0.2) is 50.4 Å². The third kappa shape index (κ3) is 4.71. The number of aliphatic hydroxyl groups excluding tert-OH is 4. The maximum absolute atomic E-state index is 10.0. The zero-order chi connectivity index (χ0) is 12.7. The standard InChI is InChI=1S/C8H13NO7/c10-3-1-2-5(11)7(13)8(14)6(12)4-9(15)16/h3,6,8,11-14H,1-2,4H2/b7-5-/t6-,8+/m0/s1. The molecule has 0 radical (unpaired) electrons. The molecule has 0 aromatic rings. The van der Waals surface area contributed by atoms with Crippen LogP contribution in [-0.2, 0) is 4.79 Å². The van der Waals surface area contributed by atoms with Crippen molar-refractivity contribution in [2.45, 2.75) is 25.0 Å². The van der Waals surface area contributed by atoms with Crippen LogP contribution in [0.1, 0.15) is 12.8 Å². The molecule has 2 atom stereocenters. The van der Waals surface area contributed by atoms with Crippen molar-refractivity contribution < 1.29 is 30.1 Å². The quantitative estimate of drug-likeness (QED) is 0.197. The van der Waals surface area contributed by atoms with Gasteiger partial charge < -0.3 is 25.2 Å². The van der Waals surface area contributed by atoms with E-state index in [2.05, 4.69) is 0 Å². The van der Waals surface area contributed by atoms with Gasteiger partial charge in [0, 0.05) is 17.8 Å². The van der Waals surface area contributed by atoms with Crippen LogP contribution in [0.25, 0.3) is 0 Å². The van der Waals surface area contributed by atoms with Crippen LogP contribution in [0.15, 0.2) is 11.5 Å². The lowest BCUT2D eigenvalue weighted by Gasteiger charge is -2.14. The molecule has 0 saturated carbocycles. The molecule has 0 rings (SSSR count). The topological polar surface area (TPSA) is 141 Å². The summed E-state index contributed by atoms with van der Waals surface area (Å²) in [4.78, 5) is 19.1. The van der Waals surface area contributed by atoms with Gasteiger partial charge in [0.1, 0.15) is 18.1 Å². The van der Waals surface area contributed by atoms with Crippen LogP contribution in [0.2, 0.25) is 0 Å². The van der Waals surface area contributed by atoms with Crippen LogP contribution in [0.4, 0.5) is 0 Å². The van der Waals surface area contributed by atoms with E-state index in [1.54, 1.807) is 0 Å². The Labute approximate surface area is 90.6 Å². The molecule has 8 nitrogen and oxygen atoms in total. The maximum Gasteiger partial charge on any atom is 0.232 e. The summed E-state index contributed by atoms with van der Waals surface area (Å²) in [6.45, 7) is -0.966. The van der Waals surface area contributed by atoms with Gasteiger partial charge >= 0.3 is 0 Å². The van der Waals surface area contributed by atoms with Crippen molar-refractivity contribution in [2.75, 3.05) is 6.54 Å². The van der Waals surface area contributed by atoms with E-state index in [4.69, 9.17) is 10.2 Å². The molecular weight excluding hydrogens is 222 g/mol. The van der Waals surface area contributed by atoms with E-state index < -0.39 is 35.2 Å². The first-order valence-corrected chi connectivity index (χ1v) is 4.42. The van der Waals surface area contributed by atoms with Gasteiger partial charge in [-0.2, -0.15) is 0 Å². The normalized spacial score (nSPS) is 16.1. The van der Waals surface area contributed by atoms with E-state index in [0.717, 1.165) is 0 Å². The van der Waals surface area contributed by atoms with Gasteiger partial charge in [0.2, 0.25) is 6.54 Å². The predicted molar refractivity (Wildman–Crippen MR) is 51.5 cm³/mol. The van der Waals surface area contributed by atoms with E-state index in [0.29, 0.717) is 6.29 Å². The number of nitro groups is 1. The lowest BCUT2D eigenvalue weighted by Crippen LogP contribution is -2.34. The monoisotopic (exact) mass is 235 g/mol. The van der Waals surface area contributed by atoms with Crippen LogP contribution >= 0.6 is 0 Å². The first kappa shape index (κ1) is 14.3. The maximum atomic E-state index is 10.0. The number of carbonyl (C=O) groups is 1. The van der Waals surface area contributed by atoms with Gasteiger partial charge in [-0.3, -0.25) is 10.1 Å². The van der Waals surface area contributed by atoms with E-state index in [9.17, 15) is 25.1 Å². The smallest absolute Gasteiger partial charge is 0.232 e. The number of aldehydes is 1. The summed E-state index contributed by atoms with van der Waals surface area (Å²) in [5, 5.41) is 46.6. The zero-order valence-electron chi connectivity index (χ0n) is 8.31. The molecular formula is C8H13NO7. The molecule has 0 aliphatic carbocycles. The molecule has 0 bridgehead atoms. The third-order valence-electron chi connectivity index (χ3n) is 1.78. The average molecular weight is 235 g/mol. The Morgan fingerprint density at radius 2 is 1.94 bits per heavy atom. The van der Waals surface area contributed by atoms with Gasteiger partial charge in [0.15, 0.2) is 11.9 Å². The van der Waals surface area contributed by atoms with E-state index >= 15 is 0 Å². The Hall–Kier alpha value is -1.67. The number of nitrogens with zero attached hydrogens (tertiary/aromatic N) is 1. The lowest BCUT2D eigenvalue weighted by atomic mass is 10.1. The highest BCUT2D eigenvalue weighted by Crippen LogP contribution is 2.12. The van der Waals surface area contributed by atoms with Gasteiger partial charge in [-0.1, -0.05) is 0 Å². The molecule has 0 aliphatic rings. The van der Waals surface area contributed by atoms with Crippen LogP contribution in [0.5, 0.6) is 0 Å². The molecule has 0 aromatic carbocycles. The fourth-order valence-corrected chi connectivity index (χ4v) is 0.929. The number of allylic oxidation sites excluding steroid dienone is 1. The lowest BCUT2D eigenvalue weighted by molar-refractivity contribution is -0.492. The van der Waals surface area contributed by atoms with Gasteiger partial charge in [0.05, 0.1) is 0 Å². The van der Waals surface area contributed by atoms with Gasteiger partial charge in [-0.05, 0) is 0 Å². The Bertz CT molecular complexity index is 288. The minimum Gasteiger partial charge on any atom is -0.509 e. The molecule has 16 heavy (non-hydrogen) atoms. The highest BCUT2D eigenvalue weighted by Gasteiger charge is 2.27. The molecule has 0 saturated heterocycles. The molecule has 92 valence electrons. The fourth-order valence-electron chi connectivity index (χ4n) is 0.929. The van der Waals surface area contributed by atoms with E-state index in [1.165, 1.54) is 0 Å². The largest absolute Gasteiger partial charge is 0.509 e. The molecule has 0 fully saturated rings. The molecule has 0 amide bonds. The van der Waals surface area contributed by atoms with Crippen LogP contribution < -0.4 is 0 Å². The first-order chi connectivity index (χ1) is 7.40. The molecule has 0 aliphatic heterocycles. The van der Waals surface area contributed by atoms with Crippen molar-refractivity contribution in [2.24, 2.45) is 0 Å². The molecule has 8 heteroatoms. The predicted octanol–water partition coefficient (Wildman–Crippen LogP) is -0.708. The van der Waals surface area contributed by atoms with Crippen molar-refractivity contribution in [3.63, 3.8) is 0 Å². The average Bonchev–Trinajstić information content (AvgIpc) is 2.22. The van der Waals surface area contributed by atoms with Crippen molar-refractivity contribution in [3.8, 4) is 0 Å². The summed E-state index contributed by atoms with van der Waals surface area (Å²) in [7, 11) is 0. The Balaban J connectivity index is 4.50. The second-order valence-electron chi connectivity index (χ2n) is 3.06. The Morgan fingerprint density at radius 1 is 1.38 bits per heavy atom.